The van der Waals surface area contributed by atoms with Crippen LogP contribution in [-0.2, 0) is 13.0 Å². The number of rotatable bonds is 4. The lowest BCUT2D eigenvalue weighted by Gasteiger charge is -2.13. The number of nitrogens with zero attached hydrogens (tertiary/aromatic N) is 2. The normalized spacial score (nSPS) is 11.0. The van der Waals surface area contributed by atoms with E-state index in [9.17, 15) is 4.79 Å². The summed E-state index contributed by atoms with van der Waals surface area (Å²) in [5, 5.41) is 1.26. The third kappa shape index (κ3) is 3.74. The molecule has 1 heterocycles. The topological polar surface area (TPSA) is 25.2 Å². The molecule has 0 aliphatic rings. The second-order valence-electron chi connectivity index (χ2n) is 6.50. The van der Waals surface area contributed by atoms with Crippen molar-refractivity contribution in [3.63, 3.8) is 0 Å². The van der Waals surface area contributed by atoms with Crippen LogP contribution >= 0.6 is 11.8 Å². The van der Waals surface area contributed by atoms with Crippen LogP contribution in [0.1, 0.15) is 23.7 Å². The molecule has 3 nitrogen and oxygen atoms in total. The fourth-order valence-electron chi connectivity index (χ4n) is 2.99. The van der Waals surface area contributed by atoms with E-state index < -0.39 is 0 Å². The quantitative estimate of drug-likeness (QED) is 0.593. The van der Waals surface area contributed by atoms with Crippen molar-refractivity contribution in [3.05, 3.63) is 65.4 Å². The molecule has 2 aromatic carbocycles. The second kappa shape index (κ2) is 7.36. The molecular formula is C21H24N2OS. The minimum absolute atomic E-state index is 0.0573. The Morgan fingerprint density at radius 1 is 1.12 bits per heavy atom. The first-order valence-electron chi connectivity index (χ1n) is 8.55. The molecule has 130 valence electrons. The molecule has 0 atom stereocenters. The van der Waals surface area contributed by atoms with Gasteiger partial charge in [-0.15, -0.1) is 0 Å². The lowest BCUT2D eigenvalue weighted by atomic mass is 10.2. The number of aromatic nitrogens is 1. The number of carbonyl (C=O) groups excluding carboxylic acids is 1. The minimum atomic E-state index is 0.0573. The summed E-state index contributed by atoms with van der Waals surface area (Å²) in [5.41, 5.74) is 5.00. The molecule has 0 radical (unpaired) electrons. The maximum atomic E-state index is 12.1. The van der Waals surface area contributed by atoms with Gasteiger partial charge in [0, 0.05) is 42.1 Å². The van der Waals surface area contributed by atoms with Gasteiger partial charge in [0.2, 0.25) is 0 Å². The fourth-order valence-corrected chi connectivity index (χ4v) is 3.77. The van der Waals surface area contributed by atoms with Gasteiger partial charge in [0.1, 0.15) is 0 Å². The Balaban J connectivity index is 2.03. The van der Waals surface area contributed by atoms with Crippen LogP contribution in [0.15, 0.2) is 53.4 Å². The number of hydrogen-bond donors (Lipinski definition) is 0. The van der Waals surface area contributed by atoms with E-state index in [-0.39, 0.29) is 5.24 Å². The zero-order valence-corrected chi connectivity index (χ0v) is 16.1. The molecule has 0 aliphatic carbocycles. The number of hydrogen-bond acceptors (Lipinski definition) is 2. The highest BCUT2D eigenvalue weighted by Crippen LogP contribution is 2.31. The van der Waals surface area contributed by atoms with Gasteiger partial charge >= 0.3 is 0 Å². The average Bonchev–Trinajstić information content (AvgIpc) is 2.93. The lowest BCUT2D eigenvalue weighted by Crippen LogP contribution is -2.16. The number of fused-ring (bicyclic) bond motifs is 1. The third-order valence-corrected chi connectivity index (χ3v) is 5.59. The van der Waals surface area contributed by atoms with E-state index in [0.717, 1.165) is 23.4 Å². The van der Waals surface area contributed by atoms with Crippen molar-refractivity contribution >= 4 is 27.9 Å². The van der Waals surface area contributed by atoms with Crippen LogP contribution in [0.3, 0.4) is 0 Å². The summed E-state index contributed by atoms with van der Waals surface area (Å²) in [7, 11) is 3.57. The van der Waals surface area contributed by atoms with Gasteiger partial charge in [0.05, 0.1) is 0 Å². The molecule has 0 N–H and O–H groups in total. The largest absolute Gasteiger partial charge is 0.340 e. The van der Waals surface area contributed by atoms with Crippen molar-refractivity contribution in [2.45, 2.75) is 31.7 Å². The highest BCUT2D eigenvalue weighted by molar-refractivity contribution is 8.13. The van der Waals surface area contributed by atoms with E-state index in [1.807, 2.05) is 6.07 Å². The Labute approximate surface area is 153 Å². The van der Waals surface area contributed by atoms with Crippen molar-refractivity contribution in [3.8, 4) is 0 Å². The van der Waals surface area contributed by atoms with E-state index >= 15 is 0 Å². The number of benzene rings is 2. The Hall–Kier alpha value is -2.20. The maximum absolute atomic E-state index is 12.1. The first kappa shape index (κ1) is 17.6. The van der Waals surface area contributed by atoms with Crippen LogP contribution in [0.2, 0.25) is 0 Å². The lowest BCUT2D eigenvalue weighted by molar-refractivity contribution is 0.241. The molecule has 3 aromatic rings. The molecule has 4 heteroatoms. The third-order valence-electron chi connectivity index (χ3n) is 4.39. The van der Waals surface area contributed by atoms with Crippen LogP contribution < -0.4 is 0 Å². The molecule has 0 saturated carbocycles. The minimum Gasteiger partial charge on any atom is -0.340 e. The molecule has 0 aliphatic heterocycles. The van der Waals surface area contributed by atoms with Crippen LogP contribution in [-0.4, -0.2) is 28.8 Å². The van der Waals surface area contributed by atoms with E-state index in [1.54, 1.807) is 19.0 Å². The molecule has 1 aromatic heterocycles. The summed E-state index contributed by atoms with van der Waals surface area (Å²) in [5.74, 6) is 0. The first-order chi connectivity index (χ1) is 12.0. The molecule has 1 amide bonds. The molecule has 0 unspecified atom stereocenters. The molecule has 25 heavy (non-hydrogen) atoms. The van der Waals surface area contributed by atoms with Crippen LogP contribution in [0, 0.1) is 6.92 Å². The Morgan fingerprint density at radius 3 is 2.48 bits per heavy atom. The zero-order chi connectivity index (χ0) is 18.0. The average molecular weight is 353 g/mol. The van der Waals surface area contributed by atoms with Gasteiger partial charge in [0.15, 0.2) is 0 Å². The monoisotopic (exact) mass is 352 g/mol. The first-order valence-corrected chi connectivity index (χ1v) is 9.37. The Bertz CT molecular complexity index is 897. The van der Waals surface area contributed by atoms with Crippen molar-refractivity contribution in [2.75, 3.05) is 14.1 Å². The standard InChI is InChI=1S/C21H24N2OS/c1-5-18-12-17-13-20(25-21(24)22(3)4)15(2)11-19(17)23(18)14-16-9-7-6-8-10-16/h6-13H,5,14H2,1-4H3. The maximum Gasteiger partial charge on any atom is 0.285 e. The SMILES string of the molecule is CCc1cc2cc(SC(=O)N(C)C)c(C)cc2n1Cc1ccccc1. The number of thioether (sulfide) groups is 1. The second-order valence-corrected chi connectivity index (χ2v) is 7.49. The molecule has 3 rings (SSSR count). The van der Waals surface area contributed by atoms with Crippen LogP contribution in [0.4, 0.5) is 4.79 Å². The predicted octanol–water partition coefficient (Wildman–Crippen LogP) is 5.33. The summed E-state index contributed by atoms with van der Waals surface area (Å²) >= 11 is 1.30. The highest BCUT2D eigenvalue weighted by atomic mass is 32.2. The molecular weight excluding hydrogens is 328 g/mol. The van der Waals surface area contributed by atoms with Crippen molar-refractivity contribution in [1.82, 2.24) is 9.47 Å². The summed E-state index contributed by atoms with van der Waals surface area (Å²) in [6.07, 6.45) is 0.986. The number of carbonyl (C=O) groups is 1. The summed E-state index contributed by atoms with van der Waals surface area (Å²) in [6, 6.07) is 17.2. The van der Waals surface area contributed by atoms with Gasteiger partial charge in [-0.1, -0.05) is 37.3 Å². The summed E-state index contributed by atoms with van der Waals surface area (Å²) in [6.45, 7) is 5.14. The Kier molecular flexibility index (Phi) is 5.19. The van der Waals surface area contributed by atoms with E-state index in [4.69, 9.17) is 0 Å². The predicted molar refractivity (Wildman–Crippen MR) is 107 cm³/mol. The summed E-state index contributed by atoms with van der Waals surface area (Å²) < 4.78 is 2.39. The van der Waals surface area contributed by atoms with Crippen molar-refractivity contribution < 1.29 is 4.79 Å². The van der Waals surface area contributed by atoms with E-state index in [2.05, 4.69) is 60.9 Å². The van der Waals surface area contributed by atoms with Gasteiger partial charge in [-0.05, 0) is 54.4 Å². The van der Waals surface area contributed by atoms with Gasteiger partial charge in [-0.25, -0.2) is 0 Å². The van der Waals surface area contributed by atoms with Crippen LogP contribution in [0.25, 0.3) is 10.9 Å². The van der Waals surface area contributed by atoms with Crippen molar-refractivity contribution in [2.24, 2.45) is 0 Å². The molecule has 0 fully saturated rings. The molecule has 0 spiro atoms. The Morgan fingerprint density at radius 2 is 1.84 bits per heavy atom. The van der Waals surface area contributed by atoms with Crippen LogP contribution in [0.5, 0.6) is 0 Å². The highest BCUT2D eigenvalue weighted by Gasteiger charge is 2.14. The number of amides is 1. The van der Waals surface area contributed by atoms with E-state index in [0.29, 0.717) is 0 Å². The van der Waals surface area contributed by atoms with Gasteiger partial charge in [-0.2, -0.15) is 0 Å². The smallest absolute Gasteiger partial charge is 0.285 e. The van der Waals surface area contributed by atoms with Crippen molar-refractivity contribution in [1.29, 1.82) is 0 Å². The van der Waals surface area contributed by atoms with Gasteiger partial charge < -0.3 is 9.47 Å². The fraction of sp³-hybridized carbons (Fsp3) is 0.286. The molecule has 0 saturated heterocycles. The van der Waals surface area contributed by atoms with Gasteiger partial charge in [0.25, 0.3) is 5.24 Å². The number of aryl methyl sites for hydroxylation is 2. The molecule has 0 bridgehead atoms. The zero-order valence-electron chi connectivity index (χ0n) is 15.2. The van der Waals surface area contributed by atoms with Gasteiger partial charge in [-0.3, -0.25) is 4.79 Å². The summed E-state index contributed by atoms with van der Waals surface area (Å²) in [4.78, 5) is 14.7. The van der Waals surface area contributed by atoms with E-state index in [1.165, 1.54) is 33.9 Å².